The Hall–Kier alpha value is -6.91. The van der Waals surface area contributed by atoms with E-state index >= 15 is 0 Å². The molecule has 10 rings (SSSR count). The van der Waals surface area contributed by atoms with E-state index in [1.807, 2.05) is 48.5 Å². The summed E-state index contributed by atoms with van der Waals surface area (Å²) in [5.74, 6) is 0.597. The van der Waals surface area contributed by atoms with Crippen molar-refractivity contribution in [1.82, 2.24) is 4.98 Å². The molecule has 0 atom stereocenters. The molecule has 240 valence electrons. The number of benzene rings is 8. The van der Waals surface area contributed by atoms with Crippen molar-refractivity contribution in [2.45, 2.75) is 0 Å². The van der Waals surface area contributed by atoms with Gasteiger partial charge in [-0.2, -0.15) is 0 Å². The van der Waals surface area contributed by atoms with E-state index in [0.717, 1.165) is 61.2 Å². The van der Waals surface area contributed by atoms with Crippen molar-refractivity contribution in [3.05, 3.63) is 182 Å². The topological polar surface area (TPSA) is 42.4 Å². The Bertz CT molecular complexity index is 2850. The minimum absolute atomic E-state index is 0.597. The van der Waals surface area contributed by atoms with Gasteiger partial charge in [0.2, 0.25) is 5.89 Å². The summed E-state index contributed by atoms with van der Waals surface area (Å²) in [6.45, 7) is 0. The number of rotatable bonds is 6. The first kappa shape index (κ1) is 29.0. The number of furan rings is 1. The highest BCUT2D eigenvalue weighted by atomic mass is 16.4. The summed E-state index contributed by atoms with van der Waals surface area (Å²) in [6, 6.07) is 63.5. The van der Waals surface area contributed by atoms with Crippen LogP contribution in [0.1, 0.15) is 0 Å². The Morgan fingerprint density at radius 2 is 1.08 bits per heavy atom. The highest BCUT2D eigenvalue weighted by Gasteiger charge is 2.20. The van der Waals surface area contributed by atoms with E-state index in [2.05, 4.69) is 138 Å². The zero-order valence-electron chi connectivity index (χ0n) is 27.5. The van der Waals surface area contributed by atoms with Crippen molar-refractivity contribution in [2.75, 3.05) is 4.90 Å². The molecule has 0 saturated carbocycles. The molecule has 0 aliphatic rings. The monoisotopic (exact) mass is 654 g/mol. The highest BCUT2D eigenvalue weighted by molar-refractivity contribution is 6.17. The van der Waals surface area contributed by atoms with Crippen LogP contribution in [0.25, 0.3) is 77.5 Å². The van der Waals surface area contributed by atoms with E-state index in [9.17, 15) is 0 Å². The van der Waals surface area contributed by atoms with Crippen LogP contribution in [0.4, 0.5) is 17.1 Å². The average molecular weight is 655 g/mol. The number of hydrogen-bond donors (Lipinski definition) is 0. The number of aromatic nitrogens is 1. The van der Waals surface area contributed by atoms with Crippen molar-refractivity contribution >= 4 is 60.9 Å². The maximum absolute atomic E-state index is 6.54. The van der Waals surface area contributed by atoms with E-state index in [1.165, 1.54) is 27.5 Å². The van der Waals surface area contributed by atoms with Gasteiger partial charge in [0.15, 0.2) is 5.58 Å². The highest BCUT2D eigenvalue weighted by Crippen LogP contribution is 2.42. The molecule has 0 fully saturated rings. The Labute approximate surface area is 294 Å². The van der Waals surface area contributed by atoms with Gasteiger partial charge in [-0.1, -0.05) is 115 Å². The average Bonchev–Trinajstić information content (AvgIpc) is 3.80. The van der Waals surface area contributed by atoms with Crippen LogP contribution in [0.2, 0.25) is 0 Å². The van der Waals surface area contributed by atoms with Gasteiger partial charge in [0.1, 0.15) is 16.7 Å². The fourth-order valence-corrected chi connectivity index (χ4v) is 7.25. The predicted molar refractivity (Wildman–Crippen MR) is 210 cm³/mol. The molecule has 0 radical (unpaired) electrons. The summed E-state index contributed by atoms with van der Waals surface area (Å²) in [7, 11) is 0. The summed E-state index contributed by atoms with van der Waals surface area (Å²) < 4.78 is 12.9. The lowest BCUT2D eigenvalue weighted by molar-refractivity contribution is 0.622. The van der Waals surface area contributed by atoms with Gasteiger partial charge < -0.3 is 13.7 Å². The lowest BCUT2D eigenvalue weighted by Crippen LogP contribution is -2.10. The number of hydrogen-bond acceptors (Lipinski definition) is 4. The first-order chi connectivity index (χ1) is 25.3. The smallest absolute Gasteiger partial charge is 0.227 e. The molecule has 10 aromatic rings. The fourth-order valence-electron chi connectivity index (χ4n) is 7.25. The van der Waals surface area contributed by atoms with Crippen LogP contribution < -0.4 is 4.90 Å². The third-order valence-electron chi connectivity index (χ3n) is 9.69. The number of oxazole rings is 1. The van der Waals surface area contributed by atoms with Gasteiger partial charge in [0, 0.05) is 34.1 Å². The first-order valence-electron chi connectivity index (χ1n) is 17.1. The van der Waals surface area contributed by atoms with Gasteiger partial charge in [-0.05, 0) is 93.7 Å². The van der Waals surface area contributed by atoms with Crippen molar-refractivity contribution < 1.29 is 8.83 Å². The molecule has 4 nitrogen and oxygen atoms in total. The van der Waals surface area contributed by atoms with E-state index < -0.39 is 0 Å². The van der Waals surface area contributed by atoms with Crippen LogP contribution in [-0.2, 0) is 0 Å². The van der Waals surface area contributed by atoms with Crippen LogP contribution in [0.3, 0.4) is 0 Å². The molecule has 2 aromatic heterocycles. The van der Waals surface area contributed by atoms with Crippen LogP contribution in [-0.4, -0.2) is 4.98 Å². The molecule has 0 aliphatic carbocycles. The minimum Gasteiger partial charge on any atom is -0.456 e. The lowest BCUT2D eigenvalue weighted by Gasteiger charge is -2.26. The molecule has 8 aromatic carbocycles. The maximum Gasteiger partial charge on any atom is 0.227 e. The normalized spacial score (nSPS) is 11.5. The Balaban J connectivity index is 1.13. The van der Waals surface area contributed by atoms with Gasteiger partial charge in [-0.3, -0.25) is 0 Å². The SMILES string of the molecule is c1ccc(-c2ccc(N(c3cccc(-c4cccc5ccccc45)c3)c3ccc4c(c3)oc3ccc5nc(-c6ccccc6)oc5c34)cc2)cc1. The Morgan fingerprint density at radius 3 is 1.92 bits per heavy atom. The molecule has 0 N–H and O–H groups in total. The van der Waals surface area contributed by atoms with Crippen LogP contribution in [0.15, 0.2) is 191 Å². The predicted octanol–water partition coefficient (Wildman–Crippen LogP) is 13.4. The van der Waals surface area contributed by atoms with Gasteiger partial charge in [0.05, 0.1) is 5.39 Å². The summed E-state index contributed by atoms with van der Waals surface area (Å²) in [5.41, 5.74) is 11.8. The number of anilines is 3. The van der Waals surface area contributed by atoms with Crippen molar-refractivity contribution in [3.63, 3.8) is 0 Å². The largest absolute Gasteiger partial charge is 0.456 e. The summed E-state index contributed by atoms with van der Waals surface area (Å²) in [5, 5.41) is 4.37. The second kappa shape index (κ2) is 11.9. The van der Waals surface area contributed by atoms with Gasteiger partial charge in [-0.25, -0.2) is 4.98 Å². The quantitative estimate of drug-likeness (QED) is 0.179. The molecule has 0 saturated heterocycles. The second-order valence-corrected chi connectivity index (χ2v) is 12.8. The molecule has 2 heterocycles. The van der Waals surface area contributed by atoms with E-state index in [0.29, 0.717) is 5.89 Å². The molecule has 0 bridgehead atoms. The van der Waals surface area contributed by atoms with E-state index in [-0.39, 0.29) is 0 Å². The zero-order valence-corrected chi connectivity index (χ0v) is 27.5. The third kappa shape index (κ3) is 5.04. The second-order valence-electron chi connectivity index (χ2n) is 12.8. The molecule has 0 spiro atoms. The molecule has 51 heavy (non-hydrogen) atoms. The maximum atomic E-state index is 6.54. The molecule has 0 amide bonds. The fraction of sp³-hybridized carbons (Fsp3) is 0. The molecule has 0 unspecified atom stereocenters. The van der Waals surface area contributed by atoms with Gasteiger partial charge in [0.25, 0.3) is 0 Å². The summed E-state index contributed by atoms with van der Waals surface area (Å²) in [4.78, 5) is 7.11. The standard InChI is InChI=1S/C47H30N2O2/c1-3-11-31(12-4-1)32-21-23-36(24-22-32)49(37-18-9-17-35(29-37)40-20-10-16-33-13-7-8-19-39(33)40)38-25-26-41-44(30-38)50-43-28-27-42-46(45(41)43)51-47(48-42)34-14-5-2-6-15-34/h1-30H. The van der Waals surface area contributed by atoms with Crippen molar-refractivity contribution in [1.29, 1.82) is 0 Å². The van der Waals surface area contributed by atoms with E-state index in [4.69, 9.17) is 13.8 Å². The molecule has 4 heteroatoms. The molecular weight excluding hydrogens is 625 g/mol. The number of nitrogens with zero attached hydrogens (tertiary/aromatic N) is 2. The Kier molecular flexibility index (Phi) is 6.78. The van der Waals surface area contributed by atoms with Gasteiger partial charge in [-0.15, -0.1) is 0 Å². The van der Waals surface area contributed by atoms with Gasteiger partial charge >= 0.3 is 0 Å². The lowest BCUT2D eigenvalue weighted by atomic mass is 9.97. The third-order valence-corrected chi connectivity index (χ3v) is 9.69. The van der Waals surface area contributed by atoms with Crippen LogP contribution in [0, 0.1) is 0 Å². The Morgan fingerprint density at radius 1 is 0.412 bits per heavy atom. The first-order valence-corrected chi connectivity index (χ1v) is 17.1. The van der Waals surface area contributed by atoms with E-state index in [1.54, 1.807) is 0 Å². The number of fused-ring (bicyclic) bond motifs is 6. The van der Waals surface area contributed by atoms with Crippen molar-refractivity contribution in [3.8, 4) is 33.7 Å². The van der Waals surface area contributed by atoms with Crippen LogP contribution in [0.5, 0.6) is 0 Å². The minimum atomic E-state index is 0.597. The van der Waals surface area contributed by atoms with Crippen LogP contribution >= 0.6 is 0 Å². The molecule has 0 aliphatic heterocycles. The summed E-state index contributed by atoms with van der Waals surface area (Å²) >= 11 is 0. The van der Waals surface area contributed by atoms with Crippen molar-refractivity contribution in [2.24, 2.45) is 0 Å². The zero-order chi connectivity index (χ0) is 33.7. The molecular formula is C47H30N2O2. The summed E-state index contributed by atoms with van der Waals surface area (Å²) in [6.07, 6.45) is 0.